The first-order valence-electron chi connectivity index (χ1n) is 8.56. The van der Waals surface area contributed by atoms with Crippen molar-refractivity contribution in [2.45, 2.75) is 25.4 Å². The smallest absolute Gasteiger partial charge is 0.321 e. The van der Waals surface area contributed by atoms with Gasteiger partial charge in [0.1, 0.15) is 11.9 Å². The number of hydrogen-bond donors (Lipinski definition) is 1. The molecule has 0 radical (unpaired) electrons. The number of nitrogens with one attached hydrogen (secondary N) is 1. The predicted molar refractivity (Wildman–Crippen MR) is 87.1 cm³/mol. The van der Waals surface area contributed by atoms with Gasteiger partial charge in [0.2, 0.25) is 0 Å². The molecule has 6 nitrogen and oxygen atoms in total. The van der Waals surface area contributed by atoms with Crippen LogP contribution in [0.15, 0.2) is 12.1 Å². The molecule has 142 valence electrons. The van der Waals surface area contributed by atoms with Crippen molar-refractivity contribution in [3.8, 4) is 0 Å². The maximum atomic E-state index is 13.7. The van der Waals surface area contributed by atoms with Crippen LogP contribution in [0.3, 0.4) is 0 Å². The average molecular weight is 371 g/mol. The Bertz CT molecular complexity index is 695. The molecule has 2 saturated heterocycles. The maximum Gasteiger partial charge on any atom is 0.321 e. The fourth-order valence-electron chi connectivity index (χ4n) is 3.13. The summed E-state index contributed by atoms with van der Waals surface area (Å²) in [6.45, 7) is 2.05. The van der Waals surface area contributed by atoms with Gasteiger partial charge in [-0.2, -0.15) is 0 Å². The number of amides is 3. The lowest BCUT2D eigenvalue weighted by Gasteiger charge is -2.24. The highest BCUT2D eigenvalue weighted by Gasteiger charge is 2.30. The van der Waals surface area contributed by atoms with Crippen LogP contribution in [-0.2, 0) is 9.53 Å². The van der Waals surface area contributed by atoms with Crippen LogP contribution in [0.25, 0.3) is 0 Å². The van der Waals surface area contributed by atoms with E-state index in [4.69, 9.17) is 4.74 Å². The van der Waals surface area contributed by atoms with Crippen LogP contribution >= 0.6 is 0 Å². The van der Waals surface area contributed by atoms with E-state index < -0.39 is 35.3 Å². The van der Waals surface area contributed by atoms with Gasteiger partial charge in [-0.3, -0.25) is 4.79 Å². The van der Waals surface area contributed by atoms with Gasteiger partial charge < -0.3 is 19.9 Å². The average Bonchev–Trinajstić information content (AvgIpc) is 3.03. The first-order valence-corrected chi connectivity index (χ1v) is 8.56. The molecule has 1 aromatic rings. The van der Waals surface area contributed by atoms with Gasteiger partial charge in [-0.25, -0.2) is 18.0 Å². The topological polar surface area (TPSA) is 61.9 Å². The Morgan fingerprint density at radius 3 is 2.38 bits per heavy atom. The Balaban J connectivity index is 1.59. The summed E-state index contributed by atoms with van der Waals surface area (Å²) in [7, 11) is 0. The number of anilines is 1. The second-order valence-electron chi connectivity index (χ2n) is 6.34. The molecule has 0 bridgehead atoms. The van der Waals surface area contributed by atoms with Crippen molar-refractivity contribution in [3.63, 3.8) is 0 Å². The van der Waals surface area contributed by atoms with E-state index >= 15 is 0 Å². The Morgan fingerprint density at radius 2 is 1.65 bits per heavy atom. The zero-order valence-corrected chi connectivity index (χ0v) is 14.1. The van der Waals surface area contributed by atoms with Crippen molar-refractivity contribution in [2.75, 3.05) is 38.1 Å². The first kappa shape index (κ1) is 18.5. The molecule has 9 heteroatoms. The van der Waals surface area contributed by atoms with Crippen LogP contribution in [0.4, 0.5) is 23.7 Å². The number of carbonyl (C=O) groups is 2. The van der Waals surface area contributed by atoms with Gasteiger partial charge in [0, 0.05) is 44.9 Å². The third-order valence-corrected chi connectivity index (χ3v) is 4.55. The quantitative estimate of drug-likeness (QED) is 0.812. The second-order valence-corrected chi connectivity index (χ2v) is 6.34. The van der Waals surface area contributed by atoms with Crippen LogP contribution < -0.4 is 5.32 Å². The number of urea groups is 1. The maximum absolute atomic E-state index is 13.7. The largest absolute Gasteiger partial charge is 0.368 e. The molecule has 2 aliphatic heterocycles. The van der Waals surface area contributed by atoms with E-state index in [0.29, 0.717) is 51.2 Å². The van der Waals surface area contributed by atoms with Crippen LogP contribution in [-0.4, -0.2) is 60.6 Å². The molecule has 1 atom stereocenters. The lowest BCUT2D eigenvalue weighted by atomic mass is 10.2. The highest BCUT2D eigenvalue weighted by atomic mass is 19.2. The molecule has 1 aromatic carbocycles. The zero-order chi connectivity index (χ0) is 18.7. The summed E-state index contributed by atoms with van der Waals surface area (Å²) in [5, 5.41) is 2.25. The first-order chi connectivity index (χ1) is 12.5. The fraction of sp³-hybridized carbons (Fsp3) is 0.529. The summed E-state index contributed by atoms with van der Waals surface area (Å²) < 4.78 is 45.3. The van der Waals surface area contributed by atoms with Gasteiger partial charge in [-0.1, -0.05) is 0 Å². The van der Waals surface area contributed by atoms with Gasteiger partial charge in [-0.05, 0) is 19.3 Å². The third-order valence-electron chi connectivity index (χ3n) is 4.55. The van der Waals surface area contributed by atoms with Crippen molar-refractivity contribution < 1.29 is 27.5 Å². The highest BCUT2D eigenvalue weighted by Crippen LogP contribution is 2.20. The van der Waals surface area contributed by atoms with Crippen molar-refractivity contribution in [3.05, 3.63) is 29.6 Å². The zero-order valence-electron chi connectivity index (χ0n) is 14.1. The van der Waals surface area contributed by atoms with Crippen molar-refractivity contribution in [1.29, 1.82) is 0 Å². The molecule has 0 unspecified atom stereocenters. The molecule has 3 amide bonds. The SMILES string of the molecule is O=C(Nc1cc(F)c(F)cc1F)N1CCCN(C(=O)[C@@H]2CCCO2)CC1. The number of halogens is 3. The number of nitrogens with zero attached hydrogens (tertiary/aromatic N) is 2. The van der Waals surface area contributed by atoms with E-state index in [-0.39, 0.29) is 12.5 Å². The summed E-state index contributed by atoms with van der Waals surface area (Å²) >= 11 is 0. The standard InChI is InChI=1S/C17H20F3N3O3/c18-11-9-13(20)14(10-12(11)19)21-17(25)23-5-2-4-22(6-7-23)16(24)15-3-1-8-26-15/h9-10,15H,1-8H2,(H,21,25)/t15-/m0/s1. The molecule has 3 rings (SSSR count). The predicted octanol–water partition coefficient (Wildman–Crippen LogP) is 2.35. The molecule has 0 aromatic heterocycles. The molecular formula is C17H20F3N3O3. The van der Waals surface area contributed by atoms with Crippen molar-refractivity contribution in [1.82, 2.24) is 9.80 Å². The van der Waals surface area contributed by atoms with Crippen LogP contribution in [0.1, 0.15) is 19.3 Å². The van der Waals surface area contributed by atoms with Gasteiger partial charge in [0.05, 0.1) is 5.69 Å². The summed E-state index contributed by atoms with van der Waals surface area (Å²) in [6.07, 6.45) is 1.71. The van der Waals surface area contributed by atoms with E-state index in [2.05, 4.69) is 5.32 Å². The van der Waals surface area contributed by atoms with Gasteiger partial charge in [-0.15, -0.1) is 0 Å². The second kappa shape index (κ2) is 7.94. The molecule has 0 saturated carbocycles. The third kappa shape index (κ3) is 4.09. The minimum Gasteiger partial charge on any atom is -0.368 e. The van der Waals surface area contributed by atoms with E-state index in [1.807, 2.05) is 0 Å². The van der Waals surface area contributed by atoms with Gasteiger partial charge in [0.15, 0.2) is 11.6 Å². The molecule has 2 heterocycles. The number of benzene rings is 1. The van der Waals surface area contributed by atoms with E-state index in [0.717, 1.165) is 6.42 Å². The number of carbonyl (C=O) groups excluding carboxylic acids is 2. The van der Waals surface area contributed by atoms with Crippen LogP contribution in [0.5, 0.6) is 0 Å². The summed E-state index contributed by atoms with van der Waals surface area (Å²) in [6, 6.07) is 0.365. The molecule has 1 N–H and O–H groups in total. The van der Waals surface area contributed by atoms with Gasteiger partial charge >= 0.3 is 6.03 Å². The van der Waals surface area contributed by atoms with Gasteiger partial charge in [0.25, 0.3) is 5.91 Å². The van der Waals surface area contributed by atoms with Crippen molar-refractivity contribution in [2.24, 2.45) is 0 Å². The highest BCUT2D eigenvalue weighted by molar-refractivity contribution is 5.89. The fourth-order valence-corrected chi connectivity index (χ4v) is 3.13. The van der Waals surface area contributed by atoms with Crippen LogP contribution in [0, 0.1) is 17.5 Å². The Labute approximate surface area is 148 Å². The van der Waals surface area contributed by atoms with Crippen molar-refractivity contribution >= 4 is 17.6 Å². The molecule has 0 spiro atoms. The lowest BCUT2D eigenvalue weighted by molar-refractivity contribution is -0.140. The van der Waals surface area contributed by atoms with E-state index in [9.17, 15) is 22.8 Å². The van der Waals surface area contributed by atoms with E-state index in [1.165, 1.54) is 4.90 Å². The van der Waals surface area contributed by atoms with Crippen LogP contribution in [0.2, 0.25) is 0 Å². The Morgan fingerprint density at radius 1 is 0.962 bits per heavy atom. The lowest BCUT2D eigenvalue weighted by Crippen LogP contribution is -2.42. The molecule has 2 fully saturated rings. The Hall–Kier alpha value is -2.29. The number of rotatable bonds is 2. The monoisotopic (exact) mass is 371 g/mol. The van der Waals surface area contributed by atoms with E-state index in [1.54, 1.807) is 4.90 Å². The minimum atomic E-state index is -1.32. The molecule has 2 aliphatic rings. The summed E-state index contributed by atoms with van der Waals surface area (Å²) in [4.78, 5) is 27.8. The number of hydrogen-bond acceptors (Lipinski definition) is 3. The molecule has 26 heavy (non-hydrogen) atoms. The number of ether oxygens (including phenoxy) is 1. The Kier molecular flexibility index (Phi) is 5.65. The summed E-state index contributed by atoms with van der Waals surface area (Å²) in [5.74, 6) is -3.69. The molecule has 0 aliphatic carbocycles. The molecular weight excluding hydrogens is 351 g/mol. The normalized spacial score (nSPS) is 20.8. The summed E-state index contributed by atoms with van der Waals surface area (Å²) in [5.41, 5.74) is -0.426. The minimum absolute atomic E-state index is 0.0728.